The van der Waals surface area contributed by atoms with Gasteiger partial charge < -0.3 is 15.0 Å². The number of carbonyl (C=O) groups excluding carboxylic acids is 1. The quantitative estimate of drug-likeness (QED) is 0.886. The fraction of sp³-hybridized carbons (Fsp3) is 0.474. The minimum absolute atomic E-state index is 0.0741. The summed E-state index contributed by atoms with van der Waals surface area (Å²) in [6.45, 7) is 4.85. The number of aliphatic hydroxyl groups excluding tert-OH is 1. The number of hydrogen-bond donors (Lipinski definition) is 2. The van der Waals surface area contributed by atoms with Gasteiger partial charge in [-0.15, -0.1) is 0 Å². The summed E-state index contributed by atoms with van der Waals surface area (Å²) in [5, 5.41) is 12.6. The molecule has 2 N–H and O–H groups in total. The van der Waals surface area contributed by atoms with E-state index < -0.39 is 6.10 Å². The number of carbonyl (C=O) groups is 1. The van der Waals surface area contributed by atoms with Crippen molar-refractivity contribution < 1.29 is 9.90 Å². The molecule has 0 saturated heterocycles. The number of nitrogens with zero attached hydrogens (tertiary/aromatic N) is 2. The van der Waals surface area contributed by atoms with Crippen LogP contribution in [0.15, 0.2) is 30.5 Å². The van der Waals surface area contributed by atoms with Gasteiger partial charge in [0.05, 0.1) is 18.2 Å². The molecule has 1 unspecified atom stereocenters. The van der Waals surface area contributed by atoms with Gasteiger partial charge in [-0.05, 0) is 30.9 Å². The molecule has 128 valence electrons. The Balaban J connectivity index is 1.65. The van der Waals surface area contributed by atoms with Crippen molar-refractivity contribution in [2.45, 2.75) is 52.2 Å². The third kappa shape index (κ3) is 3.85. The fourth-order valence-electron chi connectivity index (χ4n) is 2.91. The predicted octanol–water partition coefficient (Wildman–Crippen LogP) is 3.23. The Morgan fingerprint density at radius 1 is 1.29 bits per heavy atom. The molecule has 2 aromatic rings. The van der Waals surface area contributed by atoms with Gasteiger partial charge in [-0.2, -0.15) is 0 Å². The molecule has 0 bridgehead atoms. The number of anilines is 1. The lowest BCUT2D eigenvalue weighted by Gasteiger charge is -2.14. The van der Waals surface area contributed by atoms with Crippen LogP contribution in [0.3, 0.4) is 0 Å². The van der Waals surface area contributed by atoms with Crippen molar-refractivity contribution in [1.82, 2.24) is 9.55 Å². The first kappa shape index (κ1) is 16.7. The fourth-order valence-corrected chi connectivity index (χ4v) is 2.91. The van der Waals surface area contributed by atoms with Crippen LogP contribution in [0.25, 0.3) is 11.3 Å². The number of fused-ring (bicyclic) bond motifs is 1. The first-order valence-corrected chi connectivity index (χ1v) is 8.67. The number of aryl methyl sites for hydroxylation is 2. The third-order valence-electron chi connectivity index (χ3n) is 4.54. The molecule has 0 radical (unpaired) electrons. The zero-order valence-corrected chi connectivity index (χ0v) is 14.3. The summed E-state index contributed by atoms with van der Waals surface area (Å²) in [5.74, 6) is 1.07. The van der Waals surface area contributed by atoms with Crippen molar-refractivity contribution in [3.05, 3.63) is 36.3 Å². The number of nitrogens with one attached hydrogen (secondary N) is 1. The van der Waals surface area contributed by atoms with Gasteiger partial charge >= 0.3 is 0 Å². The standard InChI is InChI=1S/C19H25N3O2/c1-13(2)17(23)11-19(24)20-15-8-6-14(7-9-15)16-12-22-10-4-3-5-18(22)21-16/h6-9,12-13,17,23H,3-5,10-11H2,1-2H3,(H,20,24). The average molecular weight is 327 g/mol. The van der Waals surface area contributed by atoms with Crippen LogP contribution in [0.2, 0.25) is 0 Å². The van der Waals surface area contributed by atoms with Crippen LogP contribution in [-0.4, -0.2) is 26.7 Å². The first-order valence-electron chi connectivity index (χ1n) is 8.67. The van der Waals surface area contributed by atoms with Gasteiger partial charge in [0.1, 0.15) is 5.82 Å². The van der Waals surface area contributed by atoms with Crippen LogP contribution in [-0.2, 0) is 17.8 Å². The SMILES string of the molecule is CC(C)C(O)CC(=O)Nc1ccc(-c2cn3c(n2)CCCC3)cc1. The maximum atomic E-state index is 11.9. The van der Waals surface area contributed by atoms with E-state index in [1.165, 1.54) is 12.8 Å². The minimum Gasteiger partial charge on any atom is -0.392 e. The van der Waals surface area contributed by atoms with E-state index in [2.05, 4.69) is 16.1 Å². The van der Waals surface area contributed by atoms with E-state index in [4.69, 9.17) is 4.98 Å². The summed E-state index contributed by atoms with van der Waals surface area (Å²) in [7, 11) is 0. The molecule has 1 amide bonds. The zero-order chi connectivity index (χ0) is 17.1. The Morgan fingerprint density at radius 2 is 2.04 bits per heavy atom. The first-order chi connectivity index (χ1) is 11.5. The molecule has 0 fully saturated rings. The van der Waals surface area contributed by atoms with Gasteiger partial charge in [0.2, 0.25) is 5.91 Å². The molecule has 0 saturated carbocycles. The third-order valence-corrected chi connectivity index (χ3v) is 4.54. The summed E-state index contributed by atoms with van der Waals surface area (Å²) in [5.41, 5.74) is 2.78. The van der Waals surface area contributed by atoms with E-state index >= 15 is 0 Å². The number of aliphatic hydroxyl groups is 1. The summed E-state index contributed by atoms with van der Waals surface area (Å²) < 4.78 is 2.24. The summed E-state index contributed by atoms with van der Waals surface area (Å²) in [6.07, 6.45) is 5.10. The molecule has 24 heavy (non-hydrogen) atoms. The van der Waals surface area contributed by atoms with Gasteiger partial charge in [0.25, 0.3) is 0 Å². The van der Waals surface area contributed by atoms with E-state index in [0.29, 0.717) is 0 Å². The normalized spacial score (nSPS) is 15.2. The molecule has 1 aromatic heterocycles. The highest BCUT2D eigenvalue weighted by Gasteiger charge is 2.15. The van der Waals surface area contributed by atoms with Crippen molar-refractivity contribution >= 4 is 11.6 Å². The van der Waals surface area contributed by atoms with Crippen molar-refractivity contribution in [3.63, 3.8) is 0 Å². The molecule has 5 nitrogen and oxygen atoms in total. The minimum atomic E-state index is -0.610. The Morgan fingerprint density at radius 3 is 2.71 bits per heavy atom. The van der Waals surface area contributed by atoms with Crippen molar-refractivity contribution in [3.8, 4) is 11.3 Å². The Kier molecular flexibility index (Phi) is 5.00. The number of rotatable bonds is 5. The van der Waals surface area contributed by atoms with Gasteiger partial charge in [-0.25, -0.2) is 4.98 Å². The van der Waals surface area contributed by atoms with E-state index in [-0.39, 0.29) is 18.2 Å². The van der Waals surface area contributed by atoms with Crippen LogP contribution in [0.1, 0.15) is 38.9 Å². The highest BCUT2D eigenvalue weighted by atomic mass is 16.3. The lowest BCUT2D eigenvalue weighted by Crippen LogP contribution is -2.23. The molecular formula is C19H25N3O2. The summed E-state index contributed by atoms with van der Waals surface area (Å²) >= 11 is 0. The molecule has 5 heteroatoms. The second-order valence-electron chi connectivity index (χ2n) is 6.83. The Hall–Kier alpha value is -2.14. The van der Waals surface area contributed by atoms with Crippen LogP contribution in [0.4, 0.5) is 5.69 Å². The topological polar surface area (TPSA) is 67.2 Å². The number of hydrogen-bond acceptors (Lipinski definition) is 3. The van der Waals surface area contributed by atoms with Crippen molar-refractivity contribution in [2.24, 2.45) is 5.92 Å². The predicted molar refractivity (Wildman–Crippen MR) is 94.7 cm³/mol. The molecule has 1 aliphatic heterocycles. The van der Waals surface area contributed by atoms with Gasteiger partial charge in [-0.3, -0.25) is 4.79 Å². The highest BCUT2D eigenvalue weighted by molar-refractivity contribution is 5.91. The van der Waals surface area contributed by atoms with E-state index in [1.807, 2.05) is 38.1 Å². The highest BCUT2D eigenvalue weighted by Crippen LogP contribution is 2.24. The number of benzene rings is 1. The molecule has 3 rings (SSSR count). The van der Waals surface area contributed by atoms with E-state index in [0.717, 1.165) is 35.7 Å². The molecular weight excluding hydrogens is 302 g/mol. The molecule has 2 heterocycles. The monoisotopic (exact) mass is 327 g/mol. The second-order valence-corrected chi connectivity index (χ2v) is 6.83. The van der Waals surface area contributed by atoms with Crippen LogP contribution in [0.5, 0.6) is 0 Å². The molecule has 1 aliphatic rings. The molecule has 0 spiro atoms. The van der Waals surface area contributed by atoms with Gasteiger partial charge in [0, 0.05) is 30.4 Å². The van der Waals surface area contributed by atoms with Gasteiger partial charge in [0.15, 0.2) is 0 Å². The van der Waals surface area contributed by atoms with Gasteiger partial charge in [-0.1, -0.05) is 26.0 Å². The molecule has 0 aliphatic carbocycles. The largest absolute Gasteiger partial charge is 0.392 e. The summed E-state index contributed by atoms with van der Waals surface area (Å²) in [4.78, 5) is 16.6. The van der Waals surface area contributed by atoms with Crippen LogP contribution in [0, 0.1) is 5.92 Å². The zero-order valence-electron chi connectivity index (χ0n) is 14.3. The second kappa shape index (κ2) is 7.18. The molecule has 1 aromatic carbocycles. The Labute approximate surface area is 142 Å². The van der Waals surface area contributed by atoms with Crippen molar-refractivity contribution in [2.75, 3.05) is 5.32 Å². The smallest absolute Gasteiger partial charge is 0.226 e. The summed E-state index contributed by atoms with van der Waals surface area (Å²) in [6, 6.07) is 7.71. The van der Waals surface area contributed by atoms with Crippen LogP contribution < -0.4 is 5.32 Å². The maximum absolute atomic E-state index is 11.9. The number of aromatic nitrogens is 2. The van der Waals surface area contributed by atoms with Crippen LogP contribution >= 0.6 is 0 Å². The van der Waals surface area contributed by atoms with E-state index in [9.17, 15) is 9.90 Å². The number of amides is 1. The lowest BCUT2D eigenvalue weighted by atomic mass is 10.0. The maximum Gasteiger partial charge on any atom is 0.226 e. The van der Waals surface area contributed by atoms with E-state index in [1.54, 1.807) is 0 Å². The number of imidazole rings is 1. The lowest BCUT2D eigenvalue weighted by molar-refractivity contribution is -0.118. The Bertz CT molecular complexity index is 680. The van der Waals surface area contributed by atoms with Crippen molar-refractivity contribution in [1.29, 1.82) is 0 Å². The molecule has 1 atom stereocenters. The average Bonchev–Trinajstić information content (AvgIpc) is 2.99.